The summed E-state index contributed by atoms with van der Waals surface area (Å²) in [4.78, 5) is 34.2. The minimum Gasteiger partial charge on any atom is -0.487 e. The van der Waals surface area contributed by atoms with Gasteiger partial charge in [0.25, 0.3) is 5.91 Å². The van der Waals surface area contributed by atoms with Crippen molar-refractivity contribution in [1.82, 2.24) is 5.32 Å². The molecule has 0 aliphatic rings. The van der Waals surface area contributed by atoms with Crippen molar-refractivity contribution in [2.75, 3.05) is 19.0 Å². The average Bonchev–Trinajstić information content (AvgIpc) is 2.63. The number of rotatable bonds is 7. The highest BCUT2D eigenvalue weighted by Crippen LogP contribution is 2.28. The van der Waals surface area contributed by atoms with Crippen molar-refractivity contribution in [3.8, 4) is 5.75 Å². The van der Waals surface area contributed by atoms with Gasteiger partial charge in [0.1, 0.15) is 0 Å². The molecule has 26 heavy (non-hydrogen) atoms. The summed E-state index contributed by atoms with van der Waals surface area (Å²) in [5, 5.41) is 16.3. The highest BCUT2D eigenvalue weighted by atomic mass is 16.6. The van der Waals surface area contributed by atoms with Crippen LogP contribution in [0.15, 0.2) is 42.5 Å². The second-order valence-corrected chi connectivity index (χ2v) is 5.37. The number of hydrogen-bond donors (Lipinski definition) is 2. The SMILES string of the molecule is CCOc1ccc(C(=O)Nc2ccc(CC(=O)NC)cc2)cc1[N+](=O)[O-]. The lowest BCUT2D eigenvalue weighted by Gasteiger charge is -2.08. The van der Waals surface area contributed by atoms with Crippen LogP contribution in [0.2, 0.25) is 0 Å². The first-order chi connectivity index (χ1) is 12.4. The summed E-state index contributed by atoms with van der Waals surface area (Å²) in [5.41, 5.74) is 1.21. The van der Waals surface area contributed by atoms with Crippen molar-refractivity contribution in [3.63, 3.8) is 0 Å². The van der Waals surface area contributed by atoms with Crippen LogP contribution in [-0.4, -0.2) is 30.4 Å². The molecule has 8 nitrogen and oxygen atoms in total. The first kappa shape index (κ1) is 18.9. The lowest BCUT2D eigenvalue weighted by atomic mass is 10.1. The third-order valence-corrected chi connectivity index (χ3v) is 3.57. The zero-order chi connectivity index (χ0) is 19.1. The number of nitro groups is 1. The molecule has 0 unspecified atom stereocenters. The fourth-order valence-corrected chi connectivity index (χ4v) is 2.26. The normalized spacial score (nSPS) is 10.1. The Labute approximate surface area is 150 Å². The molecule has 0 aliphatic carbocycles. The Morgan fingerprint density at radius 3 is 2.42 bits per heavy atom. The van der Waals surface area contributed by atoms with E-state index in [4.69, 9.17) is 4.74 Å². The molecule has 0 atom stereocenters. The van der Waals surface area contributed by atoms with Gasteiger partial charge in [0.15, 0.2) is 5.75 Å². The zero-order valence-corrected chi connectivity index (χ0v) is 14.4. The quantitative estimate of drug-likeness (QED) is 0.584. The number of nitrogens with zero attached hydrogens (tertiary/aromatic N) is 1. The van der Waals surface area contributed by atoms with Crippen molar-refractivity contribution in [1.29, 1.82) is 0 Å². The zero-order valence-electron chi connectivity index (χ0n) is 14.4. The topological polar surface area (TPSA) is 111 Å². The number of ether oxygens (including phenoxy) is 1. The maximum absolute atomic E-state index is 12.3. The van der Waals surface area contributed by atoms with Crippen LogP contribution >= 0.6 is 0 Å². The number of nitrogens with one attached hydrogen (secondary N) is 2. The van der Waals surface area contributed by atoms with E-state index in [0.29, 0.717) is 5.69 Å². The Balaban J connectivity index is 2.13. The molecule has 2 rings (SSSR count). The first-order valence-corrected chi connectivity index (χ1v) is 7.96. The second-order valence-electron chi connectivity index (χ2n) is 5.37. The van der Waals surface area contributed by atoms with E-state index in [9.17, 15) is 19.7 Å². The fourth-order valence-electron chi connectivity index (χ4n) is 2.26. The van der Waals surface area contributed by atoms with Crippen LogP contribution in [-0.2, 0) is 11.2 Å². The van der Waals surface area contributed by atoms with E-state index in [1.165, 1.54) is 18.2 Å². The van der Waals surface area contributed by atoms with Gasteiger partial charge in [-0.05, 0) is 36.8 Å². The van der Waals surface area contributed by atoms with Gasteiger partial charge in [0.05, 0.1) is 18.0 Å². The molecule has 2 N–H and O–H groups in total. The minimum absolute atomic E-state index is 0.108. The number of anilines is 1. The number of hydrogen-bond acceptors (Lipinski definition) is 5. The number of likely N-dealkylation sites (N-methyl/N-ethyl adjacent to an activating group) is 1. The molecule has 0 fully saturated rings. The van der Waals surface area contributed by atoms with Crippen molar-refractivity contribution >= 4 is 23.2 Å². The number of benzene rings is 2. The monoisotopic (exact) mass is 357 g/mol. The Bertz CT molecular complexity index is 818. The predicted octanol–water partition coefficient (Wildman–Crippen LogP) is 2.53. The van der Waals surface area contributed by atoms with Crippen LogP contribution in [0, 0.1) is 10.1 Å². The van der Waals surface area contributed by atoms with Gasteiger partial charge in [-0.25, -0.2) is 0 Å². The molecule has 0 heterocycles. The van der Waals surface area contributed by atoms with E-state index >= 15 is 0 Å². The lowest BCUT2D eigenvalue weighted by molar-refractivity contribution is -0.385. The molecule has 8 heteroatoms. The second kappa shape index (κ2) is 8.61. The lowest BCUT2D eigenvalue weighted by Crippen LogP contribution is -2.19. The van der Waals surface area contributed by atoms with E-state index in [0.717, 1.165) is 5.56 Å². The van der Waals surface area contributed by atoms with Gasteiger partial charge in [-0.15, -0.1) is 0 Å². The minimum atomic E-state index is -0.588. The first-order valence-electron chi connectivity index (χ1n) is 7.96. The summed E-state index contributed by atoms with van der Waals surface area (Å²) < 4.78 is 5.20. The van der Waals surface area contributed by atoms with Crippen molar-refractivity contribution in [3.05, 3.63) is 63.7 Å². The Morgan fingerprint density at radius 1 is 1.15 bits per heavy atom. The fraction of sp³-hybridized carbons (Fsp3) is 0.222. The Hall–Kier alpha value is -3.42. The molecule has 0 spiro atoms. The van der Waals surface area contributed by atoms with Gasteiger partial charge in [-0.2, -0.15) is 0 Å². The van der Waals surface area contributed by atoms with Gasteiger partial charge in [-0.1, -0.05) is 12.1 Å². The van der Waals surface area contributed by atoms with Gasteiger partial charge in [0.2, 0.25) is 5.91 Å². The Kier molecular flexibility index (Phi) is 6.26. The molecule has 0 aromatic heterocycles. The molecule has 0 saturated carbocycles. The van der Waals surface area contributed by atoms with Crippen LogP contribution < -0.4 is 15.4 Å². The summed E-state index contributed by atoms with van der Waals surface area (Å²) in [5.74, 6) is -0.466. The van der Waals surface area contributed by atoms with Gasteiger partial charge >= 0.3 is 5.69 Å². The number of nitro benzene ring substituents is 1. The standard InChI is InChI=1S/C18H19N3O5/c1-3-26-16-9-6-13(11-15(16)21(24)25)18(23)20-14-7-4-12(5-8-14)10-17(22)19-2/h4-9,11H,3,10H2,1-2H3,(H,19,22)(H,20,23). The molecule has 0 saturated heterocycles. The molecule has 0 radical (unpaired) electrons. The van der Waals surface area contributed by atoms with Gasteiger partial charge < -0.3 is 15.4 Å². The van der Waals surface area contributed by atoms with Crippen LogP contribution in [0.1, 0.15) is 22.8 Å². The summed E-state index contributed by atoms with van der Waals surface area (Å²) in [6.45, 7) is 2.01. The van der Waals surface area contributed by atoms with Crippen LogP contribution in [0.4, 0.5) is 11.4 Å². The molecular formula is C18H19N3O5. The van der Waals surface area contributed by atoms with Crippen LogP contribution in [0.25, 0.3) is 0 Å². The van der Waals surface area contributed by atoms with E-state index in [2.05, 4.69) is 10.6 Å². The number of amides is 2. The molecule has 2 amide bonds. The van der Waals surface area contributed by atoms with E-state index in [1.807, 2.05) is 0 Å². The van der Waals surface area contributed by atoms with Crippen molar-refractivity contribution in [2.24, 2.45) is 0 Å². The highest BCUT2D eigenvalue weighted by molar-refractivity contribution is 6.04. The van der Waals surface area contributed by atoms with E-state index in [1.54, 1.807) is 38.2 Å². The Morgan fingerprint density at radius 2 is 1.85 bits per heavy atom. The largest absolute Gasteiger partial charge is 0.487 e. The van der Waals surface area contributed by atoms with E-state index in [-0.39, 0.29) is 35.9 Å². The summed E-state index contributed by atoms with van der Waals surface area (Å²) in [6.07, 6.45) is 0.246. The summed E-state index contributed by atoms with van der Waals surface area (Å²) >= 11 is 0. The molecule has 2 aromatic rings. The maximum atomic E-state index is 12.3. The molecule has 136 valence electrons. The molecule has 2 aromatic carbocycles. The average molecular weight is 357 g/mol. The highest BCUT2D eigenvalue weighted by Gasteiger charge is 2.18. The van der Waals surface area contributed by atoms with Gasteiger partial charge in [-0.3, -0.25) is 19.7 Å². The van der Waals surface area contributed by atoms with Crippen molar-refractivity contribution in [2.45, 2.75) is 13.3 Å². The molecule has 0 aliphatic heterocycles. The van der Waals surface area contributed by atoms with Gasteiger partial charge in [0, 0.05) is 24.4 Å². The predicted molar refractivity (Wildman–Crippen MR) is 96.4 cm³/mol. The number of carbonyl (C=O) groups is 2. The smallest absolute Gasteiger partial charge is 0.311 e. The van der Waals surface area contributed by atoms with Crippen LogP contribution in [0.5, 0.6) is 5.75 Å². The maximum Gasteiger partial charge on any atom is 0.311 e. The third kappa shape index (κ3) is 4.79. The molecule has 0 bridgehead atoms. The summed E-state index contributed by atoms with van der Waals surface area (Å²) in [6, 6.07) is 10.8. The number of carbonyl (C=O) groups excluding carboxylic acids is 2. The summed E-state index contributed by atoms with van der Waals surface area (Å²) in [7, 11) is 1.56. The van der Waals surface area contributed by atoms with E-state index < -0.39 is 10.8 Å². The van der Waals surface area contributed by atoms with Crippen LogP contribution in [0.3, 0.4) is 0 Å². The third-order valence-electron chi connectivity index (χ3n) is 3.57. The van der Waals surface area contributed by atoms with Crippen molar-refractivity contribution < 1.29 is 19.2 Å². The molecular weight excluding hydrogens is 338 g/mol.